The predicted octanol–water partition coefficient (Wildman–Crippen LogP) is 2.61. The maximum absolute atomic E-state index is 13.1. The van der Waals surface area contributed by atoms with Crippen molar-refractivity contribution in [1.82, 2.24) is 10.3 Å². The smallest absolute Gasteiger partial charge is 0.419 e. The van der Waals surface area contributed by atoms with Gasteiger partial charge < -0.3 is 20.5 Å². The number of nitriles is 1. The largest absolute Gasteiger partial charge is 0.452 e. The zero-order valence-corrected chi connectivity index (χ0v) is 18.7. The quantitative estimate of drug-likeness (QED) is 0.612. The SMILES string of the molecule is COC(=O)N1c2ccc(C(CN)CNCCC#N)cc2N(C(=O)Oc2cccnc2)C[C@@H]1C. The third-order valence-corrected chi connectivity index (χ3v) is 5.43. The number of nitrogens with one attached hydrogen (secondary N) is 1. The number of anilines is 2. The van der Waals surface area contributed by atoms with Gasteiger partial charge in [0.2, 0.25) is 0 Å². The van der Waals surface area contributed by atoms with Gasteiger partial charge in [0.1, 0.15) is 0 Å². The van der Waals surface area contributed by atoms with Crippen LogP contribution in [0, 0.1) is 11.3 Å². The van der Waals surface area contributed by atoms with Crippen LogP contribution in [0.25, 0.3) is 0 Å². The number of hydrogen-bond donors (Lipinski definition) is 2. The maximum Gasteiger partial charge on any atom is 0.419 e. The second-order valence-corrected chi connectivity index (χ2v) is 7.65. The van der Waals surface area contributed by atoms with E-state index in [1.54, 1.807) is 24.4 Å². The third kappa shape index (κ3) is 5.58. The van der Waals surface area contributed by atoms with Gasteiger partial charge in [0.25, 0.3) is 0 Å². The van der Waals surface area contributed by atoms with Crippen molar-refractivity contribution in [2.75, 3.05) is 43.1 Å². The van der Waals surface area contributed by atoms with Crippen molar-refractivity contribution in [2.45, 2.75) is 25.3 Å². The molecule has 0 saturated heterocycles. The van der Waals surface area contributed by atoms with E-state index >= 15 is 0 Å². The van der Waals surface area contributed by atoms with Crippen LogP contribution in [0.4, 0.5) is 21.0 Å². The summed E-state index contributed by atoms with van der Waals surface area (Å²) in [5.74, 6) is 0.279. The van der Waals surface area contributed by atoms with Gasteiger partial charge in [-0.3, -0.25) is 14.8 Å². The normalized spacial score (nSPS) is 15.9. The first-order chi connectivity index (χ1) is 16.0. The van der Waals surface area contributed by atoms with Crippen LogP contribution in [-0.4, -0.2) is 56.5 Å². The van der Waals surface area contributed by atoms with Crippen LogP contribution in [0.1, 0.15) is 24.8 Å². The van der Waals surface area contributed by atoms with E-state index < -0.39 is 12.2 Å². The number of benzene rings is 1. The van der Waals surface area contributed by atoms with E-state index in [9.17, 15) is 9.59 Å². The topological polar surface area (TPSA) is 134 Å². The Bertz CT molecular complexity index is 1010. The highest BCUT2D eigenvalue weighted by atomic mass is 16.6. The molecule has 10 nitrogen and oxygen atoms in total. The summed E-state index contributed by atoms with van der Waals surface area (Å²) >= 11 is 0. The number of hydrogen-bond acceptors (Lipinski definition) is 8. The van der Waals surface area contributed by atoms with Crippen LogP contribution >= 0.6 is 0 Å². The molecule has 0 aliphatic carbocycles. The fourth-order valence-corrected chi connectivity index (χ4v) is 3.77. The molecule has 3 rings (SSSR count). The highest BCUT2D eigenvalue weighted by Gasteiger charge is 2.36. The Morgan fingerprint density at radius 2 is 2.15 bits per heavy atom. The van der Waals surface area contributed by atoms with Crippen molar-refractivity contribution in [3.05, 3.63) is 48.3 Å². The van der Waals surface area contributed by atoms with Gasteiger partial charge in [-0.1, -0.05) is 6.07 Å². The van der Waals surface area contributed by atoms with Gasteiger partial charge in [0.15, 0.2) is 5.75 Å². The molecule has 1 aliphatic rings. The number of ether oxygens (including phenoxy) is 2. The number of rotatable bonds is 7. The minimum absolute atomic E-state index is 0.0453. The number of nitrogens with zero attached hydrogens (tertiary/aromatic N) is 4. The van der Waals surface area contributed by atoms with E-state index in [0.29, 0.717) is 43.2 Å². The number of amides is 2. The molecule has 1 aliphatic heterocycles. The van der Waals surface area contributed by atoms with Gasteiger partial charge in [0, 0.05) is 38.2 Å². The Morgan fingerprint density at radius 3 is 2.82 bits per heavy atom. The number of carbonyl (C=O) groups is 2. The second kappa shape index (κ2) is 11.3. The Balaban J connectivity index is 1.95. The third-order valence-electron chi connectivity index (χ3n) is 5.43. The lowest BCUT2D eigenvalue weighted by Crippen LogP contribution is -2.52. The van der Waals surface area contributed by atoms with E-state index in [4.69, 9.17) is 20.5 Å². The van der Waals surface area contributed by atoms with E-state index in [2.05, 4.69) is 16.4 Å². The van der Waals surface area contributed by atoms with Gasteiger partial charge >= 0.3 is 12.2 Å². The number of nitrogens with two attached hydrogens (primary N) is 1. The molecule has 0 radical (unpaired) electrons. The summed E-state index contributed by atoms with van der Waals surface area (Å²) in [7, 11) is 1.32. The lowest BCUT2D eigenvalue weighted by atomic mass is 9.96. The van der Waals surface area contributed by atoms with Crippen molar-refractivity contribution in [3.63, 3.8) is 0 Å². The molecule has 0 saturated carbocycles. The van der Waals surface area contributed by atoms with Gasteiger partial charge in [-0.25, -0.2) is 9.59 Å². The number of aromatic nitrogens is 1. The summed E-state index contributed by atoms with van der Waals surface area (Å²) < 4.78 is 10.5. The average molecular weight is 453 g/mol. The lowest BCUT2D eigenvalue weighted by Gasteiger charge is -2.40. The number of fused-ring (bicyclic) bond motifs is 1. The summed E-state index contributed by atoms with van der Waals surface area (Å²) in [4.78, 5) is 32.6. The summed E-state index contributed by atoms with van der Waals surface area (Å²) in [5.41, 5.74) is 7.98. The number of carbonyl (C=O) groups excluding carboxylic acids is 2. The van der Waals surface area contributed by atoms with Crippen molar-refractivity contribution in [1.29, 1.82) is 5.26 Å². The lowest BCUT2D eigenvalue weighted by molar-refractivity contribution is 0.175. The minimum atomic E-state index is -0.575. The van der Waals surface area contributed by atoms with E-state index in [0.717, 1.165) is 5.56 Å². The van der Waals surface area contributed by atoms with Gasteiger partial charge in [-0.15, -0.1) is 0 Å². The molecular weight excluding hydrogens is 424 g/mol. The summed E-state index contributed by atoms with van der Waals surface area (Å²) in [6.07, 6.45) is 2.37. The van der Waals surface area contributed by atoms with Crippen LogP contribution < -0.4 is 25.6 Å². The Hall–Kier alpha value is -3.68. The van der Waals surface area contributed by atoms with Crippen molar-refractivity contribution >= 4 is 23.6 Å². The second-order valence-electron chi connectivity index (χ2n) is 7.65. The molecule has 10 heteroatoms. The summed E-state index contributed by atoms with van der Waals surface area (Å²) in [6, 6.07) is 10.6. The molecule has 0 fully saturated rings. The fraction of sp³-hybridized carbons (Fsp3) is 0.391. The Kier molecular flexibility index (Phi) is 8.18. The highest BCUT2D eigenvalue weighted by molar-refractivity contribution is 6.01. The molecule has 2 heterocycles. The molecule has 0 spiro atoms. The first-order valence-corrected chi connectivity index (χ1v) is 10.7. The molecule has 3 N–H and O–H groups in total. The maximum atomic E-state index is 13.1. The van der Waals surface area contributed by atoms with Crippen molar-refractivity contribution < 1.29 is 19.1 Å². The average Bonchev–Trinajstić information content (AvgIpc) is 2.83. The molecule has 1 unspecified atom stereocenters. The number of methoxy groups -OCH3 is 1. The van der Waals surface area contributed by atoms with Crippen LogP contribution in [0.15, 0.2) is 42.7 Å². The van der Waals surface area contributed by atoms with Crippen LogP contribution in [-0.2, 0) is 4.74 Å². The Labute approximate surface area is 192 Å². The van der Waals surface area contributed by atoms with Crippen LogP contribution in [0.5, 0.6) is 5.75 Å². The zero-order valence-electron chi connectivity index (χ0n) is 18.7. The van der Waals surface area contributed by atoms with Gasteiger partial charge in [0.05, 0.1) is 43.3 Å². The van der Waals surface area contributed by atoms with E-state index in [1.807, 2.05) is 19.1 Å². The molecule has 174 valence electrons. The highest BCUT2D eigenvalue weighted by Crippen LogP contribution is 2.38. The summed E-state index contributed by atoms with van der Waals surface area (Å²) in [5, 5.41) is 12.0. The molecule has 2 amide bonds. The minimum Gasteiger partial charge on any atom is -0.452 e. The molecule has 1 aromatic carbocycles. The van der Waals surface area contributed by atoms with Gasteiger partial charge in [-0.05, 0) is 36.8 Å². The van der Waals surface area contributed by atoms with Gasteiger partial charge in [-0.2, -0.15) is 5.26 Å². The molecule has 33 heavy (non-hydrogen) atoms. The van der Waals surface area contributed by atoms with Crippen molar-refractivity contribution in [3.8, 4) is 11.8 Å². The van der Waals surface area contributed by atoms with E-state index in [1.165, 1.54) is 23.1 Å². The van der Waals surface area contributed by atoms with Crippen LogP contribution in [0.3, 0.4) is 0 Å². The molecular formula is C23H28N6O4. The monoisotopic (exact) mass is 452 g/mol. The van der Waals surface area contributed by atoms with Crippen LogP contribution in [0.2, 0.25) is 0 Å². The van der Waals surface area contributed by atoms with E-state index in [-0.39, 0.29) is 18.5 Å². The first kappa shape index (κ1) is 24.0. The first-order valence-electron chi connectivity index (χ1n) is 10.7. The predicted molar refractivity (Wildman–Crippen MR) is 123 cm³/mol. The fourth-order valence-electron chi connectivity index (χ4n) is 3.77. The van der Waals surface area contributed by atoms with Crippen molar-refractivity contribution in [2.24, 2.45) is 5.73 Å². The zero-order chi connectivity index (χ0) is 23.8. The standard InChI is InChI=1S/C23H28N6O4/c1-16-15-28(22(30)33-19-5-3-9-27-14-19)21-11-17(18(12-25)13-26-10-4-8-24)6-7-20(21)29(16)23(31)32-2/h3,5-7,9,11,14,16,18,26H,4,10,12-13,15,25H2,1-2H3/t16-,18?/m0/s1. The Morgan fingerprint density at radius 1 is 1.33 bits per heavy atom. The number of pyridine rings is 1. The molecule has 2 atom stereocenters. The molecule has 2 aromatic rings. The summed E-state index contributed by atoms with van der Waals surface area (Å²) in [6.45, 7) is 3.57. The molecule has 0 bridgehead atoms. The molecule has 1 aromatic heterocycles.